The van der Waals surface area contributed by atoms with E-state index in [4.69, 9.17) is 30.6 Å². The molecule has 6 N–H and O–H groups in total. The number of hydrogen-bond donors (Lipinski definition) is 6. The highest BCUT2D eigenvalue weighted by Gasteiger charge is 1.97. The lowest BCUT2D eigenvalue weighted by Gasteiger charge is -2.03. The standard InChI is InChI=1S/C18H36O2.C4H4O4.C3H8O3/c1-2-3-4-5-6-7-8-9-10-11-12-13-14-15-16-17-18(19)20;5-3(6)1-2-4(7)8;4-1-3(6)2-5/h2-17H2,1H3,(H,19,20);1-2H,(H,5,6)(H,7,8);3-6H,1-2H2/b;2-1-;. The van der Waals surface area contributed by atoms with E-state index in [0.717, 1.165) is 12.8 Å². The van der Waals surface area contributed by atoms with Crippen molar-refractivity contribution in [3.63, 3.8) is 0 Å². The highest BCUT2D eigenvalue weighted by Crippen LogP contribution is 2.13. The summed E-state index contributed by atoms with van der Waals surface area (Å²) in [5.41, 5.74) is 0. The summed E-state index contributed by atoms with van der Waals surface area (Å²) in [6.45, 7) is 1.54. The van der Waals surface area contributed by atoms with E-state index in [1.54, 1.807) is 0 Å². The zero-order chi connectivity index (χ0) is 26.5. The summed E-state index contributed by atoms with van der Waals surface area (Å²) in [5, 5.41) is 48.2. The van der Waals surface area contributed by atoms with E-state index in [1.807, 2.05) is 0 Å². The third kappa shape index (κ3) is 43.8. The number of hydrogen-bond acceptors (Lipinski definition) is 6. The molecule has 0 saturated heterocycles. The maximum atomic E-state index is 10.3. The Hall–Kier alpha value is -1.97. The number of aliphatic hydroxyl groups excluding tert-OH is 3. The van der Waals surface area contributed by atoms with Crippen molar-refractivity contribution >= 4 is 17.9 Å². The van der Waals surface area contributed by atoms with Crippen LogP contribution >= 0.6 is 0 Å². The lowest BCUT2D eigenvalue weighted by atomic mass is 10.0. The van der Waals surface area contributed by atoms with Crippen molar-refractivity contribution in [3.8, 4) is 0 Å². The number of aliphatic carboxylic acids is 3. The Kier molecular flexibility index (Phi) is 33.4. The molecule has 9 heteroatoms. The summed E-state index contributed by atoms with van der Waals surface area (Å²) < 4.78 is 0. The molecular formula is C25H48O9. The van der Waals surface area contributed by atoms with Crippen molar-refractivity contribution in [3.05, 3.63) is 12.2 Å². The van der Waals surface area contributed by atoms with Crippen LogP contribution in [-0.2, 0) is 14.4 Å². The zero-order valence-electron chi connectivity index (χ0n) is 20.9. The molecular weight excluding hydrogens is 444 g/mol. The molecule has 0 heterocycles. The Morgan fingerprint density at radius 2 is 0.882 bits per heavy atom. The van der Waals surface area contributed by atoms with Gasteiger partial charge in [-0.1, -0.05) is 96.8 Å². The molecule has 9 nitrogen and oxygen atoms in total. The largest absolute Gasteiger partial charge is 0.481 e. The molecule has 0 aliphatic rings. The number of carboxylic acid groups (broad SMARTS) is 3. The SMILES string of the molecule is CCCCCCCCCCCCCCCCCC(=O)O.O=C(O)/C=C\C(=O)O.OCC(O)CO. The molecule has 0 aromatic carbocycles. The van der Waals surface area contributed by atoms with Gasteiger partial charge in [0, 0.05) is 18.6 Å². The third-order valence-corrected chi connectivity index (χ3v) is 4.78. The number of rotatable bonds is 20. The predicted octanol–water partition coefficient (Wildman–Crippen LogP) is 4.38. The Balaban J connectivity index is -0.000000560. The van der Waals surface area contributed by atoms with Gasteiger partial charge in [0.15, 0.2) is 0 Å². The van der Waals surface area contributed by atoms with Crippen LogP contribution in [0.5, 0.6) is 0 Å². The Morgan fingerprint density at radius 1 is 0.588 bits per heavy atom. The molecule has 0 atom stereocenters. The van der Waals surface area contributed by atoms with Gasteiger partial charge in [-0.2, -0.15) is 0 Å². The van der Waals surface area contributed by atoms with Gasteiger partial charge in [0.1, 0.15) is 6.10 Å². The molecule has 202 valence electrons. The van der Waals surface area contributed by atoms with Gasteiger partial charge in [0.25, 0.3) is 0 Å². The van der Waals surface area contributed by atoms with Gasteiger partial charge in [-0.15, -0.1) is 0 Å². The lowest BCUT2D eigenvalue weighted by molar-refractivity contribution is -0.137. The lowest BCUT2D eigenvalue weighted by Crippen LogP contribution is -2.15. The Labute approximate surface area is 204 Å². The summed E-state index contributed by atoms with van der Waals surface area (Å²) >= 11 is 0. The smallest absolute Gasteiger partial charge is 0.328 e. The minimum atomic E-state index is -1.26. The van der Waals surface area contributed by atoms with Crippen molar-refractivity contribution in [2.45, 2.75) is 116 Å². The minimum absolute atomic E-state index is 0.345. The first-order valence-corrected chi connectivity index (χ1v) is 12.5. The van der Waals surface area contributed by atoms with Crippen LogP contribution in [0, 0.1) is 0 Å². The molecule has 0 saturated carbocycles. The average molecular weight is 493 g/mol. The Bertz CT molecular complexity index is 473. The third-order valence-electron chi connectivity index (χ3n) is 4.78. The Morgan fingerprint density at radius 3 is 1.09 bits per heavy atom. The topological polar surface area (TPSA) is 173 Å². The van der Waals surface area contributed by atoms with E-state index >= 15 is 0 Å². The maximum absolute atomic E-state index is 10.3. The summed E-state index contributed by atoms with van der Waals surface area (Å²) in [4.78, 5) is 29.4. The molecule has 0 radical (unpaired) electrons. The molecule has 0 bridgehead atoms. The highest BCUT2D eigenvalue weighted by atomic mass is 16.4. The number of carbonyl (C=O) groups is 3. The molecule has 0 unspecified atom stereocenters. The fraction of sp³-hybridized carbons (Fsp3) is 0.800. The van der Waals surface area contributed by atoms with Gasteiger partial charge in [-0.05, 0) is 6.42 Å². The van der Waals surface area contributed by atoms with Crippen LogP contribution in [0.3, 0.4) is 0 Å². The quantitative estimate of drug-likeness (QED) is 0.106. The number of carboxylic acids is 3. The van der Waals surface area contributed by atoms with Gasteiger partial charge < -0.3 is 30.6 Å². The summed E-state index contributed by atoms with van der Waals surface area (Å²) in [5.74, 6) is -3.17. The number of unbranched alkanes of at least 4 members (excludes halogenated alkanes) is 14. The van der Waals surface area contributed by atoms with Crippen molar-refractivity contribution in [1.29, 1.82) is 0 Å². The first-order chi connectivity index (χ1) is 16.2. The first-order valence-electron chi connectivity index (χ1n) is 12.5. The van der Waals surface area contributed by atoms with Crippen LogP contribution in [-0.4, -0.2) is 67.9 Å². The van der Waals surface area contributed by atoms with Crippen LogP contribution in [0.1, 0.15) is 110 Å². The van der Waals surface area contributed by atoms with Crippen molar-refractivity contribution in [1.82, 2.24) is 0 Å². The van der Waals surface area contributed by atoms with Crippen LogP contribution < -0.4 is 0 Å². The minimum Gasteiger partial charge on any atom is -0.481 e. The van der Waals surface area contributed by atoms with E-state index < -0.39 is 24.0 Å². The van der Waals surface area contributed by atoms with Gasteiger partial charge in [0.05, 0.1) is 13.2 Å². The van der Waals surface area contributed by atoms with Gasteiger partial charge in [-0.25, -0.2) is 9.59 Å². The van der Waals surface area contributed by atoms with Gasteiger partial charge in [0.2, 0.25) is 0 Å². The molecule has 0 aliphatic heterocycles. The number of aliphatic hydroxyl groups is 3. The maximum Gasteiger partial charge on any atom is 0.328 e. The van der Waals surface area contributed by atoms with Gasteiger partial charge in [-0.3, -0.25) is 4.79 Å². The van der Waals surface area contributed by atoms with Crippen molar-refractivity contribution < 1.29 is 45.0 Å². The van der Waals surface area contributed by atoms with Crippen molar-refractivity contribution in [2.75, 3.05) is 13.2 Å². The second kappa shape index (κ2) is 31.0. The average Bonchev–Trinajstić information content (AvgIpc) is 2.80. The van der Waals surface area contributed by atoms with E-state index in [2.05, 4.69) is 6.92 Å². The normalized spacial score (nSPS) is 10.4. The summed E-state index contributed by atoms with van der Waals surface area (Å²) in [7, 11) is 0. The fourth-order valence-corrected chi connectivity index (χ4v) is 2.85. The summed E-state index contributed by atoms with van der Waals surface area (Å²) in [6, 6.07) is 0. The fourth-order valence-electron chi connectivity index (χ4n) is 2.85. The molecule has 0 aromatic rings. The van der Waals surface area contributed by atoms with E-state index in [-0.39, 0.29) is 13.2 Å². The second-order valence-corrected chi connectivity index (χ2v) is 8.12. The molecule has 0 aromatic heterocycles. The second-order valence-electron chi connectivity index (χ2n) is 8.12. The molecule has 0 aliphatic carbocycles. The van der Waals surface area contributed by atoms with E-state index in [0.29, 0.717) is 18.6 Å². The predicted molar refractivity (Wildman–Crippen MR) is 132 cm³/mol. The summed E-state index contributed by atoms with van der Waals surface area (Å²) in [6.07, 6.45) is 20.4. The van der Waals surface area contributed by atoms with E-state index in [9.17, 15) is 14.4 Å². The highest BCUT2D eigenvalue weighted by molar-refractivity contribution is 5.89. The van der Waals surface area contributed by atoms with Crippen molar-refractivity contribution in [2.24, 2.45) is 0 Å². The monoisotopic (exact) mass is 492 g/mol. The molecule has 0 rings (SSSR count). The zero-order valence-corrected chi connectivity index (χ0v) is 20.9. The van der Waals surface area contributed by atoms with Crippen LogP contribution in [0.25, 0.3) is 0 Å². The first kappa shape index (κ1) is 36.6. The molecule has 0 spiro atoms. The molecule has 0 amide bonds. The van der Waals surface area contributed by atoms with Gasteiger partial charge >= 0.3 is 17.9 Å². The van der Waals surface area contributed by atoms with Crippen LogP contribution in [0.4, 0.5) is 0 Å². The molecule has 34 heavy (non-hydrogen) atoms. The van der Waals surface area contributed by atoms with Crippen LogP contribution in [0.2, 0.25) is 0 Å². The van der Waals surface area contributed by atoms with Crippen LogP contribution in [0.15, 0.2) is 12.2 Å². The molecule has 0 fully saturated rings. The van der Waals surface area contributed by atoms with E-state index in [1.165, 1.54) is 83.5 Å².